The Morgan fingerprint density at radius 2 is 2.00 bits per heavy atom. The highest BCUT2D eigenvalue weighted by atomic mass is 19.1. The van der Waals surface area contributed by atoms with E-state index in [9.17, 15) is 18.4 Å². The molecule has 1 N–H and O–H groups in total. The zero-order chi connectivity index (χ0) is 22.4. The number of carbonyl (C=O) groups is 2. The number of carbonyl (C=O) groups excluding carboxylic acids is 2. The number of halogens is 2. The van der Waals surface area contributed by atoms with Crippen molar-refractivity contribution in [1.82, 2.24) is 10.2 Å². The Balaban J connectivity index is 1.67. The molecule has 2 aromatic carbocycles. The van der Waals surface area contributed by atoms with Gasteiger partial charge in [-0.1, -0.05) is 24.3 Å². The van der Waals surface area contributed by atoms with Crippen LogP contribution in [0.2, 0.25) is 0 Å². The molecular weight excluding hydrogens is 404 g/mol. The lowest BCUT2D eigenvalue weighted by Gasteiger charge is -2.16. The second-order valence-electron chi connectivity index (χ2n) is 7.69. The number of ether oxygens (including phenoxy) is 1. The zero-order valence-corrected chi connectivity index (χ0v) is 17.7. The van der Waals surface area contributed by atoms with Crippen LogP contribution in [0.15, 0.2) is 42.5 Å². The molecule has 2 aromatic rings. The summed E-state index contributed by atoms with van der Waals surface area (Å²) in [5, 5.41) is 2.61. The van der Waals surface area contributed by atoms with Crippen LogP contribution in [0.1, 0.15) is 18.9 Å². The first-order valence-corrected chi connectivity index (χ1v) is 10.2. The molecule has 1 fully saturated rings. The molecule has 0 saturated carbocycles. The van der Waals surface area contributed by atoms with E-state index in [2.05, 4.69) is 5.32 Å². The lowest BCUT2D eigenvalue weighted by molar-refractivity contribution is -0.119. The van der Waals surface area contributed by atoms with E-state index in [1.165, 1.54) is 17.9 Å². The monoisotopic (exact) mass is 431 g/mol. The Kier molecular flexibility index (Phi) is 7.57. The van der Waals surface area contributed by atoms with E-state index in [0.717, 1.165) is 11.1 Å². The van der Waals surface area contributed by atoms with Crippen molar-refractivity contribution in [3.63, 3.8) is 0 Å². The molecule has 0 bridgehead atoms. The Morgan fingerprint density at radius 1 is 1.26 bits per heavy atom. The first-order valence-electron chi connectivity index (χ1n) is 10.2. The SMILES string of the molecule is CC(=O)NCC1CN(c2ccc(-c3ccc(CN(C)CCCF)cc3)c(F)c2)C(=O)O1. The van der Waals surface area contributed by atoms with Crippen LogP contribution in [0.3, 0.4) is 0 Å². The molecule has 0 spiro atoms. The summed E-state index contributed by atoms with van der Waals surface area (Å²) >= 11 is 0. The molecule has 2 amide bonds. The van der Waals surface area contributed by atoms with E-state index in [4.69, 9.17) is 4.74 Å². The summed E-state index contributed by atoms with van der Waals surface area (Å²) in [5.74, 6) is -0.647. The summed E-state index contributed by atoms with van der Waals surface area (Å²) in [7, 11) is 1.94. The van der Waals surface area contributed by atoms with Gasteiger partial charge < -0.3 is 15.0 Å². The quantitative estimate of drug-likeness (QED) is 0.657. The van der Waals surface area contributed by atoms with Gasteiger partial charge in [-0.3, -0.25) is 14.1 Å². The second kappa shape index (κ2) is 10.3. The molecule has 8 heteroatoms. The number of nitrogens with zero attached hydrogens (tertiary/aromatic N) is 2. The second-order valence-corrected chi connectivity index (χ2v) is 7.69. The average Bonchev–Trinajstić information content (AvgIpc) is 3.12. The van der Waals surface area contributed by atoms with Crippen LogP contribution < -0.4 is 10.2 Å². The minimum absolute atomic E-state index is 0.206. The van der Waals surface area contributed by atoms with Gasteiger partial charge in [0.2, 0.25) is 5.91 Å². The zero-order valence-electron chi connectivity index (χ0n) is 17.7. The maximum Gasteiger partial charge on any atom is 0.414 e. The van der Waals surface area contributed by atoms with Gasteiger partial charge in [-0.15, -0.1) is 0 Å². The first-order chi connectivity index (χ1) is 14.9. The third-order valence-corrected chi connectivity index (χ3v) is 5.11. The van der Waals surface area contributed by atoms with Gasteiger partial charge in [0, 0.05) is 25.6 Å². The minimum atomic E-state index is -0.566. The van der Waals surface area contributed by atoms with E-state index in [1.54, 1.807) is 12.1 Å². The van der Waals surface area contributed by atoms with Crippen LogP contribution >= 0.6 is 0 Å². The maximum atomic E-state index is 14.8. The molecule has 0 aliphatic carbocycles. The largest absolute Gasteiger partial charge is 0.442 e. The highest BCUT2D eigenvalue weighted by molar-refractivity contribution is 5.90. The molecule has 0 radical (unpaired) electrons. The third kappa shape index (κ3) is 6.01. The molecule has 1 saturated heterocycles. The molecule has 6 nitrogen and oxygen atoms in total. The number of hydrogen-bond acceptors (Lipinski definition) is 4. The van der Waals surface area contributed by atoms with E-state index in [-0.39, 0.29) is 25.7 Å². The summed E-state index contributed by atoms with van der Waals surface area (Å²) in [6.45, 7) is 2.89. The van der Waals surface area contributed by atoms with Gasteiger partial charge in [0.05, 0.1) is 25.5 Å². The van der Waals surface area contributed by atoms with E-state index in [1.807, 2.05) is 36.2 Å². The number of anilines is 1. The van der Waals surface area contributed by atoms with Crippen LogP contribution in [0.25, 0.3) is 11.1 Å². The number of alkyl halides is 1. The lowest BCUT2D eigenvalue weighted by atomic mass is 10.0. The minimum Gasteiger partial charge on any atom is -0.442 e. The first kappa shape index (κ1) is 22.7. The van der Waals surface area contributed by atoms with Crippen molar-refractivity contribution in [2.24, 2.45) is 0 Å². The summed E-state index contributed by atoms with van der Waals surface area (Å²) in [6, 6.07) is 12.2. The molecule has 1 unspecified atom stereocenters. The molecule has 0 aromatic heterocycles. The molecule has 1 heterocycles. The number of cyclic esters (lactones) is 1. The summed E-state index contributed by atoms with van der Waals surface area (Å²) in [4.78, 5) is 26.6. The molecular formula is C23H27F2N3O3. The Labute approximate surface area is 180 Å². The van der Waals surface area contributed by atoms with Gasteiger partial charge in [-0.25, -0.2) is 9.18 Å². The van der Waals surface area contributed by atoms with E-state index >= 15 is 0 Å². The molecule has 1 atom stereocenters. The molecule has 1 aliphatic rings. The normalized spacial score (nSPS) is 16.0. The van der Waals surface area contributed by atoms with Gasteiger partial charge >= 0.3 is 6.09 Å². The number of amides is 2. The topological polar surface area (TPSA) is 61.9 Å². The van der Waals surface area contributed by atoms with Gasteiger partial charge in [-0.2, -0.15) is 0 Å². The number of rotatable bonds is 9. The van der Waals surface area contributed by atoms with Gasteiger partial charge in [0.15, 0.2) is 0 Å². The fourth-order valence-corrected chi connectivity index (χ4v) is 3.51. The van der Waals surface area contributed by atoms with Crippen molar-refractivity contribution in [3.8, 4) is 11.1 Å². The molecule has 1 aliphatic heterocycles. The van der Waals surface area contributed by atoms with E-state index < -0.39 is 18.0 Å². The number of hydrogen-bond donors (Lipinski definition) is 1. The van der Waals surface area contributed by atoms with Crippen molar-refractivity contribution in [1.29, 1.82) is 0 Å². The molecule has 3 rings (SSSR count). The van der Waals surface area contributed by atoms with Gasteiger partial charge in [0.1, 0.15) is 11.9 Å². The van der Waals surface area contributed by atoms with Crippen LogP contribution in [0.5, 0.6) is 0 Å². The van der Waals surface area contributed by atoms with E-state index in [0.29, 0.717) is 30.8 Å². The standard InChI is InChI=1S/C23H27F2N3O3/c1-16(29)26-13-20-15-28(23(30)31-20)19-8-9-21(22(25)12-19)18-6-4-17(5-7-18)14-27(2)11-3-10-24/h4-9,12,20H,3,10-11,13-15H2,1-2H3,(H,26,29). The highest BCUT2D eigenvalue weighted by Crippen LogP contribution is 2.29. The number of nitrogens with one attached hydrogen (secondary N) is 1. The average molecular weight is 431 g/mol. The van der Waals surface area contributed by atoms with Crippen molar-refractivity contribution < 1.29 is 23.1 Å². The fraction of sp³-hybridized carbons (Fsp3) is 0.391. The van der Waals surface area contributed by atoms with Crippen LogP contribution in [0, 0.1) is 5.82 Å². The summed E-state index contributed by atoms with van der Waals surface area (Å²) in [6.07, 6.45) is -0.538. The number of benzene rings is 2. The highest BCUT2D eigenvalue weighted by Gasteiger charge is 2.32. The fourth-order valence-electron chi connectivity index (χ4n) is 3.51. The third-order valence-electron chi connectivity index (χ3n) is 5.11. The Morgan fingerprint density at radius 3 is 2.65 bits per heavy atom. The predicted molar refractivity (Wildman–Crippen MR) is 115 cm³/mol. The maximum absolute atomic E-state index is 14.8. The summed E-state index contributed by atoms with van der Waals surface area (Å²) < 4.78 is 32.4. The van der Waals surface area contributed by atoms with Gasteiger partial charge in [-0.05, 0) is 42.8 Å². The molecule has 31 heavy (non-hydrogen) atoms. The van der Waals surface area contributed by atoms with Crippen LogP contribution in [0.4, 0.5) is 19.3 Å². The van der Waals surface area contributed by atoms with Crippen molar-refractivity contribution in [3.05, 3.63) is 53.8 Å². The summed E-state index contributed by atoms with van der Waals surface area (Å²) in [5.41, 5.74) is 2.63. The Bertz CT molecular complexity index is 921. The van der Waals surface area contributed by atoms with Crippen LogP contribution in [-0.4, -0.2) is 56.4 Å². The van der Waals surface area contributed by atoms with Crippen molar-refractivity contribution in [2.45, 2.75) is 26.0 Å². The lowest BCUT2D eigenvalue weighted by Crippen LogP contribution is -2.33. The smallest absolute Gasteiger partial charge is 0.414 e. The van der Waals surface area contributed by atoms with Crippen LogP contribution in [-0.2, 0) is 16.1 Å². The molecule has 166 valence electrons. The van der Waals surface area contributed by atoms with Crippen molar-refractivity contribution in [2.75, 3.05) is 38.3 Å². The predicted octanol–water partition coefficient (Wildman–Crippen LogP) is 3.75. The van der Waals surface area contributed by atoms with Gasteiger partial charge in [0.25, 0.3) is 0 Å². The van der Waals surface area contributed by atoms with Crippen molar-refractivity contribution >= 4 is 17.7 Å². The Hall–Kier alpha value is -3.00.